The molecular weight excluding hydrogens is 298 g/mol. The van der Waals surface area contributed by atoms with Crippen molar-refractivity contribution < 1.29 is 5.11 Å². The number of imidazole rings is 1. The number of hydrogen-bond acceptors (Lipinski definition) is 3. The van der Waals surface area contributed by atoms with Crippen LogP contribution in [-0.2, 0) is 0 Å². The standard InChI is InChI=1S/C20H15N3O/c24-19-9-2-1-6-16(19)13-21-17-8-5-7-15(12-17)18-14-23-11-4-3-10-20(23)22-18/h1-14,24H. The van der Waals surface area contributed by atoms with Gasteiger partial charge < -0.3 is 9.51 Å². The van der Waals surface area contributed by atoms with Gasteiger partial charge in [-0.25, -0.2) is 4.98 Å². The Morgan fingerprint density at radius 3 is 2.71 bits per heavy atom. The number of fused-ring (bicyclic) bond motifs is 1. The molecule has 1 N–H and O–H groups in total. The number of benzene rings is 2. The molecule has 0 unspecified atom stereocenters. The summed E-state index contributed by atoms with van der Waals surface area (Å²) in [6.45, 7) is 0. The maximum Gasteiger partial charge on any atom is 0.137 e. The highest BCUT2D eigenvalue weighted by Crippen LogP contribution is 2.24. The molecule has 0 atom stereocenters. The highest BCUT2D eigenvalue weighted by molar-refractivity contribution is 5.85. The molecule has 2 aromatic heterocycles. The van der Waals surface area contributed by atoms with Crippen molar-refractivity contribution >= 4 is 17.5 Å². The SMILES string of the molecule is Oc1ccccc1C=Nc1cccc(-c2cn3ccccc3n2)c1. The molecule has 0 radical (unpaired) electrons. The second-order valence-corrected chi connectivity index (χ2v) is 5.46. The Labute approximate surface area is 139 Å². The van der Waals surface area contributed by atoms with Crippen LogP contribution in [0.25, 0.3) is 16.9 Å². The molecule has 2 aromatic carbocycles. The fourth-order valence-corrected chi connectivity index (χ4v) is 2.56. The number of phenols is 1. The third-order valence-electron chi connectivity index (χ3n) is 3.80. The van der Waals surface area contributed by atoms with Crippen LogP contribution in [0.4, 0.5) is 5.69 Å². The first-order valence-electron chi connectivity index (χ1n) is 7.66. The second kappa shape index (κ2) is 6.01. The fourth-order valence-electron chi connectivity index (χ4n) is 2.56. The molecule has 0 aliphatic heterocycles. The summed E-state index contributed by atoms with van der Waals surface area (Å²) in [5.41, 5.74) is 4.32. The molecule has 4 rings (SSSR count). The van der Waals surface area contributed by atoms with Crippen molar-refractivity contribution in [2.45, 2.75) is 0 Å². The van der Waals surface area contributed by atoms with E-state index >= 15 is 0 Å². The molecule has 0 amide bonds. The van der Waals surface area contributed by atoms with Crippen molar-refractivity contribution in [3.8, 4) is 17.0 Å². The van der Waals surface area contributed by atoms with E-state index in [1.165, 1.54) is 0 Å². The summed E-state index contributed by atoms with van der Waals surface area (Å²) < 4.78 is 1.99. The van der Waals surface area contributed by atoms with Crippen LogP contribution in [0, 0.1) is 0 Å². The maximum atomic E-state index is 9.80. The quantitative estimate of drug-likeness (QED) is 0.568. The van der Waals surface area contributed by atoms with Crippen LogP contribution in [0.15, 0.2) is 84.1 Å². The Hall–Kier alpha value is -3.40. The van der Waals surface area contributed by atoms with E-state index in [0.29, 0.717) is 5.56 Å². The van der Waals surface area contributed by atoms with Crippen molar-refractivity contribution in [2.75, 3.05) is 0 Å². The molecular formula is C20H15N3O. The van der Waals surface area contributed by atoms with Gasteiger partial charge in [-0.05, 0) is 36.4 Å². The number of rotatable bonds is 3. The van der Waals surface area contributed by atoms with Crippen LogP contribution in [-0.4, -0.2) is 20.7 Å². The van der Waals surface area contributed by atoms with Gasteiger partial charge in [0.2, 0.25) is 0 Å². The van der Waals surface area contributed by atoms with Crippen LogP contribution < -0.4 is 0 Å². The van der Waals surface area contributed by atoms with E-state index in [1.54, 1.807) is 18.3 Å². The van der Waals surface area contributed by atoms with E-state index in [9.17, 15) is 5.11 Å². The van der Waals surface area contributed by atoms with E-state index in [2.05, 4.69) is 9.98 Å². The van der Waals surface area contributed by atoms with E-state index < -0.39 is 0 Å². The Balaban J connectivity index is 1.67. The van der Waals surface area contributed by atoms with Gasteiger partial charge >= 0.3 is 0 Å². The smallest absolute Gasteiger partial charge is 0.137 e. The molecule has 4 nitrogen and oxygen atoms in total. The first-order valence-corrected chi connectivity index (χ1v) is 7.66. The van der Waals surface area contributed by atoms with Gasteiger partial charge in [0.05, 0.1) is 11.4 Å². The fraction of sp³-hybridized carbons (Fsp3) is 0. The Bertz CT molecular complexity index is 1000. The number of nitrogens with zero attached hydrogens (tertiary/aromatic N) is 3. The third-order valence-corrected chi connectivity index (χ3v) is 3.80. The maximum absolute atomic E-state index is 9.80. The number of aromatic nitrogens is 2. The van der Waals surface area contributed by atoms with Crippen LogP contribution in [0.2, 0.25) is 0 Å². The van der Waals surface area contributed by atoms with E-state index in [0.717, 1.165) is 22.6 Å². The monoisotopic (exact) mass is 313 g/mol. The molecule has 0 aliphatic carbocycles. The summed E-state index contributed by atoms with van der Waals surface area (Å²) >= 11 is 0. The zero-order valence-corrected chi connectivity index (χ0v) is 12.9. The van der Waals surface area contributed by atoms with Crippen LogP contribution in [0.3, 0.4) is 0 Å². The Morgan fingerprint density at radius 2 is 1.83 bits per heavy atom. The summed E-state index contributed by atoms with van der Waals surface area (Å²) in [4.78, 5) is 9.09. The lowest BCUT2D eigenvalue weighted by atomic mass is 10.1. The number of phenolic OH excluding ortho intramolecular Hbond substituents is 1. The largest absolute Gasteiger partial charge is 0.507 e. The lowest BCUT2D eigenvalue weighted by molar-refractivity contribution is 0.474. The number of hydrogen-bond donors (Lipinski definition) is 1. The van der Waals surface area contributed by atoms with Gasteiger partial charge in [0.25, 0.3) is 0 Å². The van der Waals surface area contributed by atoms with Crippen molar-refractivity contribution in [1.82, 2.24) is 9.38 Å². The molecule has 0 aliphatic rings. The minimum absolute atomic E-state index is 0.220. The van der Waals surface area contributed by atoms with Gasteiger partial charge in [-0.1, -0.05) is 30.3 Å². The summed E-state index contributed by atoms with van der Waals surface area (Å²) in [6.07, 6.45) is 5.64. The van der Waals surface area contributed by atoms with Crippen molar-refractivity contribution in [2.24, 2.45) is 4.99 Å². The van der Waals surface area contributed by atoms with Crippen LogP contribution in [0.5, 0.6) is 5.75 Å². The third kappa shape index (κ3) is 2.77. The van der Waals surface area contributed by atoms with Gasteiger partial charge in [-0.3, -0.25) is 4.99 Å². The van der Waals surface area contributed by atoms with Crippen molar-refractivity contribution in [3.05, 3.63) is 84.7 Å². The Kier molecular flexibility index (Phi) is 3.56. The summed E-state index contributed by atoms with van der Waals surface area (Å²) in [5, 5.41) is 9.80. The molecule has 4 aromatic rings. The van der Waals surface area contributed by atoms with E-state index in [4.69, 9.17) is 0 Å². The number of aromatic hydroxyl groups is 1. The molecule has 4 heteroatoms. The minimum atomic E-state index is 0.220. The number of para-hydroxylation sites is 1. The van der Waals surface area contributed by atoms with Crippen LogP contribution >= 0.6 is 0 Å². The van der Waals surface area contributed by atoms with Gasteiger partial charge in [0.1, 0.15) is 11.4 Å². The predicted molar refractivity (Wildman–Crippen MR) is 96.0 cm³/mol. The van der Waals surface area contributed by atoms with E-state index in [1.807, 2.05) is 71.4 Å². The van der Waals surface area contributed by atoms with Gasteiger partial charge in [0, 0.05) is 29.7 Å². The highest BCUT2D eigenvalue weighted by atomic mass is 16.3. The lowest BCUT2D eigenvalue weighted by Crippen LogP contribution is -1.81. The molecule has 24 heavy (non-hydrogen) atoms. The first kappa shape index (κ1) is 14.2. The molecule has 0 saturated heterocycles. The average molecular weight is 313 g/mol. The lowest BCUT2D eigenvalue weighted by Gasteiger charge is -2.00. The van der Waals surface area contributed by atoms with E-state index in [-0.39, 0.29) is 5.75 Å². The molecule has 0 bridgehead atoms. The average Bonchev–Trinajstić information content (AvgIpc) is 3.06. The number of aliphatic imine (C=N–C) groups is 1. The topological polar surface area (TPSA) is 49.9 Å². The predicted octanol–water partition coefficient (Wildman–Crippen LogP) is 4.46. The Morgan fingerprint density at radius 1 is 0.958 bits per heavy atom. The van der Waals surface area contributed by atoms with Crippen LogP contribution in [0.1, 0.15) is 5.56 Å². The molecule has 0 fully saturated rings. The van der Waals surface area contributed by atoms with Crippen molar-refractivity contribution in [1.29, 1.82) is 0 Å². The zero-order valence-electron chi connectivity index (χ0n) is 12.9. The number of pyridine rings is 1. The highest BCUT2D eigenvalue weighted by Gasteiger charge is 2.04. The normalized spacial score (nSPS) is 11.3. The molecule has 0 spiro atoms. The minimum Gasteiger partial charge on any atom is -0.507 e. The van der Waals surface area contributed by atoms with Gasteiger partial charge in [-0.15, -0.1) is 0 Å². The van der Waals surface area contributed by atoms with Gasteiger partial charge in [0.15, 0.2) is 0 Å². The zero-order chi connectivity index (χ0) is 16.4. The molecule has 0 saturated carbocycles. The molecule has 116 valence electrons. The second-order valence-electron chi connectivity index (χ2n) is 5.46. The molecule has 2 heterocycles. The summed E-state index contributed by atoms with van der Waals surface area (Å²) in [7, 11) is 0. The summed E-state index contributed by atoms with van der Waals surface area (Å²) in [5.74, 6) is 0.220. The summed E-state index contributed by atoms with van der Waals surface area (Å²) in [6, 6.07) is 20.9. The van der Waals surface area contributed by atoms with Crippen molar-refractivity contribution in [3.63, 3.8) is 0 Å². The van der Waals surface area contributed by atoms with Gasteiger partial charge in [-0.2, -0.15) is 0 Å². The first-order chi connectivity index (χ1) is 11.8.